The van der Waals surface area contributed by atoms with E-state index in [0.29, 0.717) is 29.4 Å². The number of carbonyl (C=O) groups excluding carboxylic acids is 1. The summed E-state index contributed by atoms with van der Waals surface area (Å²) < 4.78 is 0. The molecule has 2 unspecified atom stereocenters. The second kappa shape index (κ2) is 8.73. The molecule has 3 rings (SSSR count). The summed E-state index contributed by atoms with van der Waals surface area (Å²) in [5.41, 5.74) is 6.63. The molecule has 2 aromatic rings. The summed E-state index contributed by atoms with van der Waals surface area (Å²) in [7, 11) is 0. The molecule has 0 aromatic carbocycles. The zero-order chi connectivity index (χ0) is 18.1. The van der Waals surface area contributed by atoms with Crippen molar-refractivity contribution in [2.45, 2.75) is 50.7 Å². The molecular formula is C17H25ClN4O2S2. The Bertz CT molecular complexity index is 847. The van der Waals surface area contributed by atoms with Crippen LogP contribution in [-0.2, 0) is 10.5 Å². The summed E-state index contributed by atoms with van der Waals surface area (Å²) in [6.45, 7) is 6.29. The van der Waals surface area contributed by atoms with E-state index in [0.717, 1.165) is 28.1 Å². The fraction of sp³-hybridized carbons (Fsp3) is 0.588. The predicted molar refractivity (Wildman–Crippen MR) is 111 cm³/mol. The minimum atomic E-state index is -0.222. The van der Waals surface area contributed by atoms with Gasteiger partial charge in [-0.1, -0.05) is 0 Å². The van der Waals surface area contributed by atoms with Gasteiger partial charge < -0.3 is 16.0 Å². The van der Waals surface area contributed by atoms with E-state index in [-0.39, 0.29) is 35.2 Å². The summed E-state index contributed by atoms with van der Waals surface area (Å²) in [4.78, 5) is 33.9. The lowest BCUT2D eigenvalue weighted by atomic mass is 10.2. The van der Waals surface area contributed by atoms with Crippen molar-refractivity contribution in [1.82, 2.24) is 15.3 Å². The highest BCUT2D eigenvalue weighted by atomic mass is 35.5. The standard InChI is InChI=1S/C17H24N4O2S2.ClH/c1-8-9(2)25-17-14(8)16(23)20-13(21-17)7-24-10(3)15(22)19-12(6-18)11-4-5-11;/h10-12H,4-7,18H2,1-3H3,(H,19,22)(H,20,21,23);1H. The second-order valence-corrected chi connectivity index (χ2v) is 9.15. The number of nitrogens with zero attached hydrogens (tertiary/aromatic N) is 1. The first kappa shape index (κ1) is 21.2. The minimum Gasteiger partial charge on any atom is -0.351 e. The predicted octanol–water partition coefficient (Wildman–Crippen LogP) is 2.50. The van der Waals surface area contributed by atoms with Crippen LogP contribution < -0.4 is 16.6 Å². The average molecular weight is 417 g/mol. The maximum atomic E-state index is 12.3. The molecule has 0 radical (unpaired) electrons. The number of nitrogens with one attached hydrogen (secondary N) is 2. The van der Waals surface area contributed by atoms with Gasteiger partial charge in [-0.15, -0.1) is 35.5 Å². The van der Waals surface area contributed by atoms with E-state index in [2.05, 4.69) is 15.3 Å². The highest BCUT2D eigenvalue weighted by Gasteiger charge is 2.32. The zero-order valence-electron chi connectivity index (χ0n) is 15.1. The lowest BCUT2D eigenvalue weighted by Gasteiger charge is -2.19. The smallest absolute Gasteiger partial charge is 0.259 e. The van der Waals surface area contributed by atoms with Gasteiger partial charge in [0, 0.05) is 17.5 Å². The van der Waals surface area contributed by atoms with E-state index in [9.17, 15) is 9.59 Å². The Morgan fingerprint density at radius 2 is 2.15 bits per heavy atom. The number of H-pyrrole nitrogens is 1. The van der Waals surface area contributed by atoms with Crippen molar-refractivity contribution in [3.05, 3.63) is 26.6 Å². The maximum absolute atomic E-state index is 12.3. The molecule has 4 N–H and O–H groups in total. The summed E-state index contributed by atoms with van der Waals surface area (Å²) in [5, 5.41) is 3.50. The highest BCUT2D eigenvalue weighted by molar-refractivity contribution is 7.99. The van der Waals surface area contributed by atoms with Gasteiger partial charge in [0.1, 0.15) is 10.7 Å². The van der Waals surface area contributed by atoms with Gasteiger partial charge in [0.25, 0.3) is 5.56 Å². The van der Waals surface area contributed by atoms with Gasteiger partial charge in [0.15, 0.2) is 0 Å². The number of carbonyl (C=O) groups is 1. The van der Waals surface area contributed by atoms with Gasteiger partial charge in [0.2, 0.25) is 5.91 Å². The van der Waals surface area contributed by atoms with Gasteiger partial charge in [0.05, 0.1) is 16.4 Å². The molecule has 0 bridgehead atoms. The van der Waals surface area contributed by atoms with Crippen molar-refractivity contribution < 1.29 is 4.79 Å². The molecular weight excluding hydrogens is 392 g/mol. The molecule has 0 aliphatic heterocycles. The van der Waals surface area contributed by atoms with Gasteiger partial charge in [-0.2, -0.15) is 0 Å². The Morgan fingerprint density at radius 1 is 1.46 bits per heavy atom. The lowest BCUT2D eigenvalue weighted by molar-refractivity contribution is -0.121. The van der Waals surface area contributed by atoms with E-state index in [1.165, 1.54) is 23.1 Å². The Kier molecular flexibility index (Phi) is 7.12. The number of rotatable bonds is 7. The Labute approximate surface area is 167 Å². The summed E-state index contributed by atoms with van der Waals surface area (Å²) in [6, 6.07) is 0.0851. The van der Waals surface area contributed by atoms with Crippen molar-refractivity contribution >= 4 is 51.6 Å². The molecule has 1 amide bonds. The molecule has 2 atom stereocenters. The van der Waals surface area contributed by atoms with Crippen molar-refractivity contribution in [1.29, 1.82) is 0 Å². The third-order valence-corrected chi connectivity index (χ3v) is 6.96. The van der Waals surface area contributed by atoms with Crippen molar-refractivity contribution in [2.75, 3.05) is 6.54 Å². The Morgan fingerprint density at radius 3 is 2.77 bits per heavy atom. The van der Waals surface area contributed by atoms with E-state index >= 15 is 0 Å². The first-order valence-electron chi connectivity index (χ1n) is 8.51. The number of fused-ring (bicyclic) bond motifs is 1. The fourth-order valence-electron chi connectivity index (χ4n) is 2.82. The minimum absolute atomic E-state index is 0. The molecule has 2 heterocycles. The van der Waals surface area contributed by atoms with E-state index < -0.39 is 0 Å². The monoisotopic (exact) mass is 416 g/mol. The number of thiophene rings is 1. The van der Waals surface area contributed by atoms with E-state index in [1.54, 1.807) is 0 Å². The summed E-state index contributed by atoms with van der Waals surface area (Å²) >= 11 is 3.01. The maximum Gasteiger partial charge on any atom is 0.259 e. The van der Waals surface area contributed by atoms with E-state index in [1.807, 2.05) is 20.8 Å². The van der Waals surface area contributed by atoms with Crippen LogP contribution in [0.15, 0.2) is 4.79 Å². The van der Waals surface area contributed by atoms with Crippen LogP contribution >= 0.6 is 35.5 Å². The van der Waals surface area contributed by atoms with Crippen LogP contribution in [0.4, 0.5) is 0 Å². The van der Waals surface area contributed by atoms with Gasteiger partial charge in [-0.3, -0.25) is 9.59 Å². The molecule has 144 valence electrons. The average Bonchev–Trinajstić information content (AvgIpc) is 3.37. The molecule has 1 fully saturated rings. The number of aromatic amines is 1. The normalized spacial score (nSPS) is 16.2. The van der Waals surface area contributed by atoms with Crippen molar-refractivity contribution in [3.63, 3.8) is 0 Å². The van der Waals surface area contributed by atoms with Crippen LogP contribution in [-0.4, -0.2) is 33.7 Å². The molecule has 9 heteroatoms. The largest absolute Gasteiger partial charge is 0.351 e. The van der Waals surface area contributed by atoms with Crippen LogP contribution in [0.5, 0.6) is 0 Å². The van der Waals surface area contributed by atoms with Crippen LogP contribution in [0, 0.1) is 19.8 Å². The highest BCUT2D eigenvalue weighted by Crippen LogP contribution is 2.32. The van der Waals surface area contributed by atoms with Crippen molar-refractivity contribution in [3.8, 4) is 0 Å². The number of amides is 1. The Hall–Kier alpha value is -1.09. The first-order valence-corrected chi connectivity index (χ1v) is 10.4. The number of halogens is 1. The lowest BCUT2D eigenvalue weighted by Crippen LogP contribution is -2.44. The molecule has 1 aliphatic carbocycles. The number of hydrogen-bond donors (Lipinski definition) is 3. The second-order valence-electron chi connectivity index (χ2n) is 6.62. The Balaban J connectivity index is 0.00000243. The van der Waals surface area contributed by atoms with Crippen LogP contribution in [0.3, 0.4) is 0 Å². The first-order chi connectivity index (χ1) is 11.9. The molecule has 0 saturated heterocycles. The molecule has 1 aliphatic rings. The molecule has 6 nitrogen and oxygen atoms in total. The van der Waals surface area contributed by atoms with E-state index in [4.69, 9.17) is 5.73 Å². The number of thioether (sulfide) groups is 1. The molecule has 2 aromatic heterocycles. The molecule has 26 heavy (non-hydrogen) atoms. The van der Waals surface area contributed by atoms with Gasteiger partial charge in [-0.25, -0.2) is 4.98 Å². The topological polar surface area (TPSA) is 101 Å². The third kappa shape index (κ3) is 4.60. The van der Waals surface area contributed by atoms with Crippen LogP contribution in [0.25, 0.3) is 10.2 Å². The SMILES string of the molecule is Cc1sc2nc(CSC(C)C(=O)NC(CN)C3CC3)[nH]c(=O)c2c1C.Cl. The molecule has 0 spiro atoms. The van der Waals surface area contributed by atoms with Gasteiger partial charge in [-0.05, 0) is 45.1 Å². The van der Waals surface area contributed by atoms with Crippen LogP contribution in [0.1, 0.15) is 36.0 Å². The number of aryl methyl sites for hydroxylation is 2. The number of aromatic nitrogens is 2. The third-order valence-electron chi connectivity index (χ3n) is 4.70. The zero-order valence-corrected chi connectivity index (χ0v) is 17.6. The number of hydrogen-bond acceptors (Lipinski definition) is 6. The van der Waals surface area contributed by atoms with Crippen molar-refractivity contribution in [2.24, 2.45) is 11.7 Å². The van der Waals surface area contributed by atoms with Crippen LogP contribution in [0.2, 0.25) is 0 Å². The van der Waals surface area contributed by atoms with Gasteiger partial charge >= 0.3 is 0 Å². The summed E-state index contributed by atoms with van der Waals surface area (Å²) in [6.07, 6.45) is 2.29. The summed E-state index contributed by atoms with van der Waals surface area (Å²) in [5.74, 6) is 1.64. The molecule has 1 saturated carbocycles. The number of nitrogens with two attached hydrogens (primary N) is 1. The fourth-order valence-corrected chi connectivity index (χ4v) is 4.63. The quantitative estimate of drug-likeness (QED) is 0.643.